The number of hydrogen-bond acceptors (Lipinski definition) is 3. The maximum absolute atomic E-state index is 13.4. The number of aromatic nitrogens is 2. The lowest BCUT2D eigenvalue weighted by Crippen LogP contribution is -1.92. The Bertz CT molecular complexity index is 488. The zero-order chi connectivity index (χ0) is 11.7. The predicted molar refractivity (Wildman–Crippen MR) is 53.7 cm³/mol. The Hall–Kier alpha value is -1.78. The second-order valence-corrected chi connectivity index (χ2v) is 3.71. The second-order valence-electron chi connectivity index (χ2n) is 3.71. The van der Waals surface area contributed by atoms with Crippen molar-refractivity contribution < 1.29 is 13.3 Å². The molecule has 0 N–H and O–H groups in total. The molecule has 0 aliphatic carbocycles. The van der Waals surface area contributed by atoms with Crippen molar-refractivity contribution in [1.82, 2.24) is 10.1 Å². The Morgan fingerprint density at radius 1 is 1.19 bits per heavy atom. The predicted octanol–water partition coefficient (Wildman–Crippen LogP) is 3.14. The quantitative estimate of drug-likeness (QED) is 0.786. The maximum Gasteiger partial charge on any atom is 0.263 e. The largest absolute Gasteiger partial charge is 0.334 e. The van der Waals surface area contributed by atoms with Gasteiger partial charge in [-0.3, -0.25) is 0 Å². The molecule has 0 saturated carbocycles. The summed E-state index contributed by atoms with van der Waals surface area (Å²) in [6, 6.07) is 3.59. The SMILES string of the molecule is CC(C)c1noc(-c2c(F)cccc2F)n1. The van der Waals surface area contributed by atoms with Crippen molar-refractivity contribution in [3.8, 4) is 11.5 Å². The highest BCUT2D eigenvalue weighted by molar-refractivity contribution is 5.54. The molecular weight excluding hydrogens is 214 g/mol. The van der Waals surface area contributed by atoms with Crippen LogP contribution in [0.3, 0.4) is 0 Å². The highest BCUT2D eigenvalue weighted by Crippen LogP contribution is 2.25. The Morgan fingerprint density at radius 3 is 2.31 bits per heavy atom. The van der Waals surface area contributed by atoms with Crippen molar-refractivity contribution in [3.05, 3.63) is 35.7 Å². The molecule has 84 valence electrons. The first kappa shape index (κ1) is 10.7. The van der Waals surface area contributed by atoms with Gasteiger partial charge in [-0.2, -0.15) is 4.98 Å². The van der Waals surface area contributed by atoms with Gasteiger partial charge in [0.15, 0.2) is 5.82 Å². The van der Waals surface area contributed by atoms with Crippen LogP contribution in [0, 0.1) is 11.6 Å². The van der Waals surface area contributed by atoms with E-state index in [1.54, 1.807) is 0 Å². The number of nitrogens with zero attached hydrogens (tertiary/aromatic N) is 2. The summed E-state index contributed by atoms with van der Waals surface area (Å²) >= 11 is 0. The minimum absolute atomic E-state index is 0.0485. The molecule has 16 heavy (non-hydrogen) atoms. The zero-order valence-corrected chi connectivity index (χ0v) is 8.87. The molecule has 5 heteroatoms. The van der Waals surface area contributed by atoms with E-state index < -0.39 is 11.6 Å². The van der Waals surface area contributed by atoms with Gasteiger partial charge in [0.1, 0.15) is 17.2 Å². The van der Waals surface area contributed by atoms with Gasteiger partial charge in [-0.25, -0.2) is 8.78 Å². The molecule has 0 atom stereocenters. The molecule has 0 spiro atoms. The fourth-order valence-electron chi connectivity index (χ4n) is 1.27. The maximum atomic E-state index is 13.4. The topological polar surface area (TPSA) is 38.9 Å². The summed E-state index contributed by atoms with van der Waals surface area (Å²) < 4.78 is 31.6. The van der Waals surface area contributed by atoms with Crippen LogP contribution in [-0.2, 0) is 0 Å². The van der Waals surface area contributed by atoms with E-state index in [1.165, 1.54) is 6.07 Å². The van der Waals surface area contributed by atoms with Crippen molar-refractivity contribution in [2.24, 2.45) is 0 Å². The molecule has 1 heterocycles. The molecule has 0 radical (unpaired) electrons. The third-order valence-corrected chi connectivity index (χ3v) is 2.13. The van der Waals surface area contributed by atoms with E-state index in [1.807, 2.05) is 13.8 Å². The third kappa shape index (κ3) is 1.80. The first-order valence-electron chi connectivity index (χ1n) is 4.87. The Morgan fingerprint density at radius 2 is 1.81 bits per heavy atom. The fraction of sp³-hybridized carbons (Fsp3) is 0.273. The summed E-state index contributed by atoms with van der Waals surface area (Å²) in [5, 5.41) is 3.65. The monoisotopic (exact) mass is 224 g/mol. The van der Waals surface area contributed by atoms with E-state index in [0.717, 1.165) is 12.1 Å². The van der Waals surface area contributed by atoms with Gasteiger partial charge in [0.25, 0.3) is 5.89 Å². The van der Waals surface area contributed by atoms with Crippen LogP contribution in [-0.4, -0.2) is 10.1 Å². The van der Waals surface area contributed by atoms with E-state index in [-0.39, 0.29) is 17.4 Å². The number of hydrogen-bond donors (Lipinski definition) is 0. The molecule has 0 bridgehead atoms. The Balaban J connectivity index is 2.50. The smallest absolute Gasteiger partial charge is 0.263 e. The fourth-order valence-corrected chi connectivity index (χ4v) is 1.27. The van der Waals surface area contributed by atoms with Crippen molar-refractivity contribution in [2.45, 2.75) is 19.8 Å². The van der Waals surface area contributed by atoms with E-state index >= 15 is 0 Å². The summed E-state index contributed by atoms with van der Waals surface area (Å²) in [5.74, 6) is -1.07. The summed E-state index contributed by atoms with van der Waals surface area (Å²) in [6.07, 6.45) is 0. The van der Waals surface area contributed by atoms with Crippen LogP contribution in [0.25, 0.3) is 11.5 Å². The Kier molecular flexibility index (Phi) is 2.68. The highest BCUT2D eigenvalue weighted by Gasteiger charge is 2.18. The number of rotatable bonds is 2. The van der Waals surface area contributed by atoms with Crippen LogP contribution in [0.1, 0.15) is 25.6 Å². The number of benzene rings is 1. The van der Waals surface area contributed by atoms with Crippen LogP contribution in [0.15, 0.2) is 22.7 Å². The third-order valence-electron chi connectivity index (χ3n) is 2.13. The average Bonchev–Trinajstić information content (AvgIpc) is 2.66. The average molecular weight is 224 g/mol. The summed E-state index contributed by atoms with van der Waals surface area (Å²) in [5.41, 5.74) is -0.276. The van der Waals surface area contributed by atoms with Crippen molar-refractivity contribution in [3.63, 3.8) is 0 Å². The molecule has 0 saturated heterocycles. The van der Waals surface area contributed by atoms with Crippen molar-refractivity contribution >= 4 is 0 Å². The van der Waals surface area contributed by atoms with Crippen LogP contribution in [0.4, 0.5) is 8.78 Å². The van der Waals surface area contributed by atoms with E-state index in [2.05, 4.69) is 10.1 Å². The summed E-state index contributed by atoms with van der Waals surface area (Å²) in [6.45, 7) is 3.73. The van der Waals surface area contributed by atoms with Gasteiger partial charge in [-0.15, -0.1) is 0 Å². The molecular formula is C11H10F2N2O. The van der Waals surface area contributed by atoms with Crippen molar-refractivity contribution in [2.75, 3.05) is 0 Å². The lowest BCUT2D eigenvalue weighted by Gasteiger charge is -1.98. The summed E-state index contributed by atoms with van der Waals surface area (Å²) in [7, 11) is 0. The molecule has 1 aromatic carbocycles. The molecule has 2 aromatic rings. The van der Waals surface area contributed by atoms with Gasteiger partial charge in [0.2, 0.25) is 0 Å². The minimum atomic E-state index is -0.709. The van der Waals surface area contributed by atoms with Crippen LogP contribution in [0.2, 0.25) is 0 Å². The Labute approximate surface area is 91.1 Å². The van der Waals surface area contributed by atoms with Gasteiger partial charge < -0.3 is 4.52 Å². The lowest BCUT2D eigenvalue weighted by atomic mass is 10.2. The standard InChI is InChI=1S/C11H10F2N2O/c1-6(2)10-14-11(16-15-10)9-7(12)4-3-5-8(9)13/h3-6H,1-2H3. The molecule has 0 aliphatic rings. The molecule has 0 fully saturated rings. The lowest BCUT2D eigenvalue weighted by molar-refractivity contribution is 0.414. The van der Waals surface area contributed by atoms with Crippen LogP contribution < -0.4 is 0 Å². The van der Waals surface area contributed by atoms with Gasteiger partial charge in [0.05, 0.1) is 0 Å². The number of halogens is 2. The zero-order valence-electron chi connectivity index (χ0n) is 8.87. The van der Waals surface area contributed by atoms with E-state index in [0.29, 0.717) is 5.82 Å². The normalized spacial score (nSPS) is 11.1. The van der Waals surface area contributed by atoms with E-state index in [9.17, 15) is 8.78 Å². The van der Waals surface area contributed by atoms with Crippen LogP contribution in [0.5, 0.6) is 0 Å². The van der Waals surface area contributed by atoms with Gasteiger partial charge >= 0.3 is 0 Å². The minimum Gasteiger partial charge on any atom is -0.334 e. The molecule has 2 rings (SSSR count). The van der Waals surface area contributed by atoms with E-state index in [4.69, 9.17) is 4.52 Å². The second kappa shape index (κ2) is 4.00. The first-order valence-corrected chi connectivity index (χ1v) is 4.87. The molecule has 0 aliphatic heterocycles. The summed E-state index contributed by atoms with van der Waals surface area (Å²) in [4.78, 5) is 3.94. The molecule has 0 amide bonds. The molecule has 1 aromatic heterocycles. The molecule has 0 unspecified atom stereocenters. The molecule has 3 nitrogen and oxygen atoms in total. The van der Waals surface area contributed by atoms with Gasteiger partial charge in [-0.05, 0) is 12.1 Å². The van der Waals surface area contributed by atoms with Crippen molar-refractivity contribution in [1.29, 1.82) is 0 Å². The van der Waals surface area contributed by atoms with Gasteiger partial charge in [-0.1, -0.05) is 25.1 Å². The highest BCUT2D eigenvalue weighted by atomic mass is 19.1. The first-order chi connectivity index (χ1) is 7.59. The van der Waals surface area contributed by atoms with Gasteiger partial charge in [0, 0.05) is 5.92 Å². The van der Waals surface area contributed by atoms with Crippen LogP contribution >= 0.6 is 0 Å².